The number of aromatic amines is 1. The molecule has 1 aliphatic rings. The third-order valence-corrected chi connectivity index (χ3v) is 7.79. The highest BCUT2D eigenvalue weighted by atomic mass is 32.1. The number of aryl methyl sites for hydroxylation is 1. The van der Waals surface area contributed by atoms with Gasteiger partial charge in [-0.3, -0.25) is 9.89 Å². The van der Waals surface area contributed by atoms with E-state index in [-0.39, 0.29) is 11.9 Å². The third-order valence-electron chi connectivity index (χ3n) is 6.77. The van der Waals surface area contributed by atoms with Gasteiger partial charge in [0.1, 0.15) is 0 Å². The fraction of sp³-hybridized carbons (Fsp3) is 0.310. The number of methoxy groups -OCH3 is 1. The number of benzene rings is 2. The number of anilines is 1. The maximum absolute atomic E-state index is 13.2. The summed E-state index contributed by atoms with van der Waals surface area (Å²) in [6.07, 6.45) is 5.79. The van der Waals surface area contributed by atoms with Gasteiger partial charge in [0.25, 0.3) is 5.91 Å². The van der Waals surface area contributed by atoms with Crippen LogP contribution in [0.15, 0.2) is 47.8 Å². The summed E-state index contributed by atoms with van der Waals surface area (Å²) in [5.74, 6) is 0.897. The zero-order chi connectivity index (χ0) is 26.5. The Labute approximate surface area is 226 Å². The number of carbonyl (C=O) groups is 1. The number of nitrogens with one attached hydrogen (secondary N) is 2. The van der Waals surface area contributed by atoms with Crippen LogP contribution in [0.2, 0.25) is 0 Å². The molecule has 0 bridgehead atoms. The molecule has 1 saturated heterocycles. The van der Waals surface area contributed by atoms with E-state index >= 15 is 0 Å². The first-order valence-electron chi connectivity index (χ1n) is 12.8. The second kappa shape index (κ2) is 11.8. The van der Waals surface area contributed by atoms with E-state index in [1.807, 2.05) is 66.9 Å². The number of rotatable bonds is 10. The molecule has 4 N–H and O–H groups in total. The zero-order valence-corrected chi connectivity index (χ0v) is 22.5. The number of aromatic nitrogens is 2. The predicted molar refractivity (Wildman–Crippen MR) is 154 cm³/mol. The van der Waals surface area contributed by atoms with Crippen molar-refractivity contribution in [2.75, 3.05) is 38.7 Å². The lowest BCUT2D eigenvalue weighted by molar-refractivity contribution is 0.102. The van der Waals surface area contributed by atoms with Crippen LogP contribution in [0.1, 0.15) is 39.3 Å². The van der Waals surface area contributed by atoms with E-state index in [1.54, 1.807) is 7.11 Å². The van der Waals surface area contributed by atoms with Crippen LogP contribution in [0.3, 0.4) is 0 Å². The Morgan fingerprint density at radius 3 is 2.89 bits per heavy atom. The Kier molecular flexibility index (Phi) is 8.07. The van der Waals surface area contributed by atoms with Gasteiger partial charge in [-0.25, -0.2) is 0 Å². The molecule has 5 rings (SSSR count). The molecule has 1 fully saturated rings. The van der Waals surface area contributed by atoms with Gasteiger partial charge >= 0.3 is 0 Å². The van der Waals surface area contributed by atoms with Gasteiger partial charge in [-0.1, -0.05) is 24.3 Å². The number of fused-ring (bicyclic) bond motifs is 1. The molecule has 4 aromatic rings. The van der Waals surface area contributed by atoms with Gasteiger partial charge in [0.05, 0.1) is 35.5 Å². The van der Waals surface area contributed by atoms with E-state index in [4.69, 9.17) is 15.2 Å². The van der Waals surface area contributed by atoms with Gasteiger partial charge in [-0.05, 0) is 67.6 Å². The number of para-hydroxylation sites is 1. The zero-order valence-electron chi connectivity index (χ0n) is 21.7. The van der Waals surface area contributed by atoms with E-state index in [2.05, 4.69) is 20.4 Å². The lowest BCUT2D eigenvalue weighted by Gasteiger charge is -2.19. The van der Waals surface area contributed by atoms with Crippen molar-refractivity contribution in [2.45, 2.75) is 25.8 Å². The summed E-state index contributed by atoms with van der Waals surface area (Å²) in [6, 6.07) is 14.0. The fourth-order valence-electron chi connectivity index (χ4n) is 4.75. The van der Waals surface area contributed by atoms with Gasteiger partial charge in [0.2, 0.25) is 0 Å². The minimum absolute atomic E-state index is 0.182. The van der Waals surface area contributed by atoms with Crippen LogP contribution in [-0.2, 0) is 0 Å². The lowest BCUT2D eigenvalue weighted by atomic mass is 10.1. The van der Waals surface area contributed by atoms with Crippen molar-refractivity contribution in [3.63, 3.8) is 0 Å². The van der Waals surface area contributed by atoms with Gasteiger partial charge < -0.3 is 25.4 Å². The molecule has 1 amide bonds. The Morgan fingerprint density at radius 1 is 1.26 bits per heavy atom. The fourth-order valence-corrected chi connectivity index (χ4v) is 5.58. The van der Waals surface area contributed by atoms with Crippen molar-refractivity contribution in [3.8, 4) is 11.5 Å². The molecular weight excluding hydrogens is 498 g/mol. The van der Waals surface area contributed by atoms with Crippen molar-refractivity contribution in [2.24, 2.45) is 5.73 Å². The molecule has 198 valence electrons. The van der Waals surface area contributed by atoms with Gasteiger partial charge in [0.15, 0.2) is 11.5 Å². The topological polar surface area (TPSA) is 106 Å². The van der Waals surface area contributed by atoms with Crippen molar-refractivity contribution in [1.82, 2.24) is 15.1 Å². The molecule has 8 nitrogen and oxygen atoms in total. The summed E-state index contributed by atoms with van der Waals surface area (Å²) in [7, 11) is 1.59. The Morgan fingerprint density at radius 2 is 2.13 bits per heavy atom. The van der Waals surface area contributed by atoms with E-state index in [0.717, 1.165) is 60.2 Å². The summed E-state index contributed by atoms with van der Waals surface area (Å²) in [4.78, 5) is 16.2. The quantitative estimate of drug-likeness (QED) is 0.244. The number of H-pyrrole nitrogens is 1. The highest BCUT2D eigenvalue weighted by molar-refractivity contribution is 7.12. The van der Waals surface area contributed by atoms with E-state index in [1.165, 1.54) is 11.3 Å². The van der Waals surface area contributed by atoms with Gasteiger partial charge in [-0.2, -0.15) is 5.10 Å². The largest absolute Gasteiger partial charge is 0.491 e. The van der Waals surface area contributed by atoms with Crippen LogP contribution in [0.4, 0.5) is 5.69 Å². The van der Waals surface area contributed by atoms with Gasteiger partial charge in [-0.15, -0.1) is 11.3 Å². The number of hydrogen-bond donors (Lipinski definition) is 3. The number of hydrogen-bond acceptors (Lipinski definition) is 7. The molecule has 9 heteroatoms. The average molecular weight is 532 g/mol. The standard InChI is InChI=1S/C29H33N5O3S/c1-19-13-17-38-28(19)29(35)31-26-20(8-10-24-22-6-3-4-7-23(22)32-33-24)9-11-25(27(26)36-2)37-16-5-14-34-15-12-21(30)18-34/h3-4,6-11,13,17,21H,5,12,14-16,18,30H2,1-2H3,(H,31,35)(H,32,33)/b10-8+. The molecule has 1 aliphatic heterocycles. The number of nitrogens with zero attached hydrogens (tertiary/aromatic N) is 2. The molecule has 1 unspecified atom stereocenters. The second-order valence-electron chi connectivity index (χ2n) is 9.49. The van der Waals surface area contributed by atoms with Crippen LogP contribution in [0, 0.1) is 6.92 Å². The van der Waals surface area contributed by atoms with Crippen LogP contribution in [-0.4, -0.2) is 60.4 Å². The van der Waals surface area contributed by atoms with Gasteiger partial charge in [0, 0.05) is 30.1 Å². The van der Waals surface area contributed by atoms with Crippen molar-refractivity contribution in [1.29, 1.82) is 0 Å². The minimum atomic E-state index is -0.182. The Hall–Kier alpha value is -3.66. The number of thiophene rings is 1. The van der Waals surface area contributed by atoms with Crippen molar-refractivity contribution < 1.29 is 14.3 Å². The molecule has 0 saturated carbocycles. The third kappa shape index (κ3) is 5.75. The smallest absolute Gasteiger partial charge is 0.266 e. The highest BCUT2D eigenvalue weighted by Crippen LogP contribution is 2.40. The maximum atomic E-state index is 13.2. The number of carbonyl (C=O) groups excluding carboxylic acids is 1. The molecule has 2 aromatic heterocycles. The summed E-state index contributed by atoms with van der Waals surface area (Å²) in [6.45, 7) is 5.38. The van der Waals surface area contributed by atoms with Crippen LogP contribution < -0.4 is 20.5 Å². The molecule has 38 heavy (non-hydrogen) atoms. The summed E-state index contributed by atoms with van der Waals surface area (Å²) < 4.78 is 11.9. The first-order valence-corrected chi connectivity index (χ1v) is 13.7. The Bertz CT molecular complexity index is 1440. The number of likely N-dealkylation sites (tertiary alicyclic amines) is 1. The summed E-state index contributed by atoms with van der Waals surface area (Å²) in [5, 5.41) is 13.5. The molecular formula is C29H33N5O3S. The molecule has 0 spiro atoms. The number of nitrogens with two attached hydrogens (primary N) is 1. The minimum Gasteiger partial charge on any atom is -0.491 e. The number of amides is 1. The normalized spacial score (nSPS) is 15.9. The SMILES string of the molecule is COc1c(OCCCN2CCC(N)C2)ccc(/C=C/c2n[nH]c3ccccc23)c1NC(=O)c1sccc1C. The molecule has 0 radical (unpaired) electrons. The monoisotopic (exact) mass is 531 g/mol. The average Bonchev–Trinajstić information content (AvgIpc) is 3.65. The molecule has 3 heterocycles. The van der Waals surface area contributed by atoms with Crippen molar-refractivity contribution >= 4 is 46.0 Å². The highest BCUT2D eigenvalue weighted by Gasteiger charge is 2.21. The molecule has 2 aromatic carbocycles. The summed E-state index contributed by atoms with van der Waals surface area (Å²) >= 11 is 1.41. The Balaban J connectivity index is 1.40. The van der Waals surface area contributed by atoms with Crippen molar-refractivity contribution in [3.05, 3.63) is 69.5 Å². The van der Waals surface area contributed by atoms with Crippen LogP contribution in [0.5, 0.6) is 11.5 Å². The first-order chi connectivity index (χ1) is 18.5. The predicted octanol–water partition coefficient (Wildman–Crippen LogP) is 5.17. The molecule has 0 aliphatic carbocycles. The van der Waals surface area contributed by atoms with Crippen LogP contribution in [0.25, 0.3) is 23.1 Å². The molecule has 1 atom stereocenters. The van der Waals surface area contributed by atoms with E-state index in [9.17, 15) is 4.79 Å². The second-order valence-corrected chi connectivity index (χ2v) is 10.4. The maximum Gasteiger partial charge on any atom is 0.266 e. The number of ether oxygens (including phenoxy) is 2. The van der Waals surface area contributed by atoms with Crippen LogP contribution >= 0.6 is 11.3 Å². The summed E-state index contributed by atoms with van der Waals surface area (Å²) in [5.41, 5.74) is 10.1. The van der Waals surface area contributed by atoms with E-state index in [0.29, 0.717) is 28.7 Å². The lowest BCUT2D eigenvalue weighted by Crippen LogP contribution is -2.28. The van der Waals surface area contributed by atoms with E-state index < -0.39 is 0 Å². The first kappa shape index (κ1) is 26.0.